The molecule has 0 radical (unpaired) electrons. The number of halogens is 8. The van der Waals surface area contributed by atoms with Gasteiger partial charge in [-0.1, -0.05) is 166 Å². The zero-order valence-electron chi connectivity index (χ0n) is 76.7. The van der Waals surface area contributed by atoms with Crippen LogP contribution in [0.2, 0.25) is 30.3 Å². The molecule has 6 N–H and O–H groups in total. The molecule has 30 nitrogen and oxygen atoms in total. The number of H-pyrrole nitrogens is 5. The van der Waals surface area contributed by atoms with Crippen molar-refractivity contribution in [3.8, 4) is 56.3 Å². The fourth-order valence-electron chi connectivity index (χ4n) is 19.9. The molecular formula is C96H110Cl6F2N26O4S3. The second-order valence-electron chi connectivity index (χ2n) is 37.1. The summed E-state index contributed by atoms with van der Waals surface area (Å²) >= 11 is 37.3. The predicted octanol–water partition coefficient (Wildman–Crippen LogP) is 20.5. The number of nitrogens with one attached hydrogen (secondary N) is 5. The van der Waals surface area contributed by atoms with E-state index >= 15 is 0 Å². The molecule has 8 aliphatic heterocycles. The molecule has 137 heavy (non-hydrogen) atoms. The van der Waals surface area contributed by atoms with Crippen LogP contribution in [0, 0.1) is 51.0 Å². The predicted molar refractivity (Wildman–Crippen MR) is 553 cm³/mol. The Morgan fingerprint density at radius 3 is 1.07 bits per heavy atom. The standard InChI is InChI=1S/C20H21Cl2N5O.C20H21ClFN5O.C20H22ClN5O.C18H19ClFN5O.C18H21ClN6.3H2S/c1-12-10-28-11-20(12)5-7-27(8-6-20)15-9-23-18-17(25-26-19(18)24-15)13-3-2-4-14(21)16(13)22;1-12-10-28-11-20(12)5-7-27(8-6-20)15-9-23-18-17(25-26-19(18)24-15)16-13(21)3-2-4-14(16)22;1-13-11-27-12-20(13)6-8-26(9-7-20)16-10-22-18-17(24-25-19(18)23-16)14-4-2-3-5-15(14)21;1-2-18(26)6-8-25(9-7-18)13-10-21-16-15(23-24-17(16)22-13)11-4-3-5-12(20)14(11)19;1-3-18(2)6-9-25(10-7-18)13-11-21-15-14(23-24-17(15)22-13)12-5-4-8-20-16(12)19;;;/h2*2-4,9,12H,5-8,10-11H2,1H3,(H,24,25,26);2-5,10,13H,6-9,11-12H2,1H3,(H,23,24,25);3-5,10,26H,2,6-9H2,1H3,(H,22,23,24);4-5,8,11H,3,6-7,9-10H2,1-2H3,(H,22,23,24);3*1H2/t2*12-;13-;;;;;/m111...../s1. The normalized spacial score (nSPS) is 19.6. The van der Waals surface area contributed by atoms with Crippen molar-refractivity contribution in [2.75, 3.05) is 130 Å². The molecule has 19 heterocycles. The zero-order valence-corrected chi connectivity index (χ0v) is 84.3. The molecule has 15 aromatic rings. The third-order valence-electron chi connectivity index (χ3n) is 29.6. The Kier molecular flexibility index (Phi) is 31.0. The van der Waals surface area contributed by atoms with Crippen molar-refractivity contribution in [2.45, 2.75) is 124 Å². The Morgan fingerprint density at radius 1 is 0.365 bits per heavy atom. The Bertz CT molecular complexity index is 6740. The molecule has 0 bridgehead atoms. The molecular weight excluding hydrogens is 1930 g/mol. The Labute approximate surface area is 842 Å². The summed E-state index contributed by atoms with van der Waals surface area (Å²) in [7, 11) is 0. The van der Waals surface area contributed by atoms with E-state index in [-0.39, 0.29) is 51.1 Å². The van der Waals surface area contributed by atoms with Crippen LogP contribution in [-0.2, 0) is 14.2 Å². The van der Waals surface area contributed by atoms with E-state index in [0.717, 1.165) is 218 Å². The van der Waals surface area contributed by atoms with Gasteiger partial charge < -0.3 is 43.8 Å². The average Bonchev–Trinajstić information content (AvgIpc) is 1.55. The summed E-state index contributed by atoms with van der Waals surface area (Å²) in [6.45, 7) is 28.0. The SMILES string of the molecule is CCC1(C)CCN(c2cnc3c(-c4cccnc4Cl)[nH]nc3n2)CC1.CCC1(O)CCN(c2cnc3c(-c4cccc(F)c4Cl)[nH]nc3n2)CC1.C[C@@H]1COCC12CCN(c1cnc3c(-c4c(F)cccc4Cl)[nH]nc3n1)CC2.C[C@@H]1COCC12CCN(c1cnc3c(-c4cccc(Cl)c4Cl)[nH]nc3n1)CC2.C[C@@H]1COCC12CCN(c1cnc3c(-c4ccccc4Cl)[nH]nc3n1)CC2.S.S.S. The van der Waals surface area contributed by atoms with E-state index in [1.54, 1.807) is 48.9 Å². The van der Waals surface area contributed by atoms with Crippen LogP contribution in [0.3, 0.4) is 0 Å². The van der Waals surface area contributed by atoms with Crippen LogP contribution in [-0.4, -0.2) is 222 Å². The number of pyridine rings is 1. The van der Waals surface area contributed by atoms with Gasteiger partial charge in [-0.05, 0) is 136 Å². The fourth-order valence-corrected chi connectivity index (χ4v) is 21.2. The molecule has 11 aromatic heterocycles. The number of aromatic amines is 5. The molecule has 722 valence electrons. The summed E-state index contributed by atoms with van der Waals surface area (Å²) in [6.07, 6.45) is 23.0. The lowest BCUT2D eigenvalue weighted by atomic mass is 9.72. The van der Waals surface area contributed by atoms with Crippen LogP contribution in [0.4, 0.5) is 37.9 Å². The first-order valence-corrected chi connectivity index (χ1v) is 48.1. The van der Waals surface area contributed by atoms with Crippen molar-refractivity contribution in [1.82, 2.24) is 106 Å². The highest BCUT2D eigenvalue weighted by molar-refractivity contribution is 7.59. The second kappa shape index (κ2) is 42.4. The number of nitrogens with zero attached hydrogens (tertiary/aromatic N) is 21. The van der Waals surface area contributed by atoms with E-state index in [0.29, 0.717) is 145 Å². The van der Waals surface area contributed by atoms with E-state index in [1.807, 2.05) is 74.0 Å². The van der Waals surface area contributed by atoms with Crippen LogP contribution >= 0.6 is 110 Å². The number of ether oxygens (including phenoxy) is 3. The monoisotopic (exact) mass is 2030 g/mol. The van der Waals surface area contributed by atoms with Crippen LogP contribution < -0.4 is 24.5 Å². The molecule has 0 aliphatic carbocycles. The third-order valence-corrected chi connectivity index (χ3v) is 31.7. The third kappa shape index (κ3) is 20.4. The van der Waals surface area contributed by atoms with Gasteiger partial charge in [-0.2, -0.15) is 66.0 Å². The van der Waals surface area contributed by atoms with Gasteiger partial charge in [0.15, 0.2) is 0 Å². The lowest BCUT2D eigenvalue weighted by molar-refractivity contribution is 0.0124. The number of aromatic nitrogens is 21. The summed E-state index contributed by atoms with van der Waals surface area (Å²) in [5, 5.41) is 49.1. The summed E-state index contributed by atoms with van der Waals surface area (Å²) in [6, 6.07) is 26.1. The smallest absolute Gasteiger partial charge is 0.202 e. The fraction of sp³-hybridized carbons (Fsp3) is 0.438. The first-order chi connectivity index (χ1) is 64.9. The molecule has 8 fully saturated rings. The number of fused-ring (bicyclic) bond motifs is 5. The van der Waals surface area contributed by atoms with Gasteiger partial charge in [0.05, 0.1) is 116 Å². The molecule has 4 aromatic carbocycles. The van der Waals surface area contributed by atoms with Crippen molar-refractivity contribution in [3.05, 3.63) is 170 Å². The van der Waals surface area contributed by atoms with E-state index in [4.69, 9.17) is 98.8 Å². The lowest BCUT2D eigenvalue weighted by Crippen LogP contribution is -2.44. The molecule has 3 spiro atoms. The van der Waals surface area contributed by atoms with Gasteiger partial charge in [-0.3, -0.25) is 25.5 Å². The maximum absolute atomic E-state index is 14.3. The van der Waals surface area contributed by atoms with Gasteiger partial charge in [-0.15, -0.1) is 0 Å². The van der Waals surface area contributed by atoms with Crippen molar-refractivity contribution in [3.63, 3.8) is 0 Å². The van der Waals surface area contributed by atoms with Gasteiger partial charge in [0.25, 0.3) is 0 Å². The number of anilines is 5. The summed E-state index contributed by atoms with van der Waals surface area (Å²) in [5.74, 6) is 5.11. The van der Waals surface area contributed by atoms with Crippen LogP contribution in [0.25, 0.3) is 112 Å². The van der Waals surface area contributed by atoms with Crippen molar-refractivity contribution < 1.29 is 28.1 Å². The van der Waals surface area contributed by atoms with Gasteiger partial charge in [0, 0.05) is 130 Å². The minimum absolute atomic E-state index is 0. The number of piperidine rings is 5. The van der Waals surface area contributed by atoms with E-state index < -0.39 is 17.2 Å². The molecule has 8 saturated heterocycles. The first-order valence-electron chi connectivity index (χ1n) is 45.9. The Balaban J connectivity index is 0.000000123. The number of rotatable bonds is 12. The molecule has 0 saturated carbocycles. The highest BCUT2D eigenvalue weighted by atomic mass is 35.5. The molecule has 3 atom stereocenters. The van der Waals surface area contributed by atoms with Crippen LogP contribution in [0.1, 0.15) is 119 Å². The van der Waals surface area contributed by atoms with E-state index in [1.165, 1.54) is 31.4 Å². The minimum Gasteiger partial charge on any atom is -0.390 e. The molecule has 0 unspecified atom stereocenters. The molecule has 0 amide bonds. The summed E-state index contributed by atoms with van der Waals surface area (Å²) in [4.78, 5) is 61.7. The van der Waals surface area contributed by atoms with Gasteiger partial charge in [0.1, 0.15) is 73.5 Å². The number of hydrogen-bond acceptors (Lipinski definition) is 25. The van der Waals surface area contributed by atoms with E-state index in [9.17, 15) is 13.9 Å². The largest absolute Gasteiger partial charge is 0.390 e. The average molecular weight is 2040 g/mol. The van der Waals surface area contributed by atoms with Gasteiger partial charge in [0.2, 0.25) is 28.2 Å². The number of aliphatic hydroxyl groups is 1. The number of benzene rings is 4. The summed E-state index contributed by atoms with van der Waals surface area (Å²) < 4.78 is 45.2. The molecule has 8 aliphatic rings. The zero-order chi connectivity index (χ0) is 92.8. The topological polar surface area (TPSA) is 349 Å². The number of hydrogen-bond donors (Lipinski definition) is 6. The Morgan fingerprint density at radius 2 is 0.686 bits per heavy atom. The first kappa shape index (κ1) is 100. The molecule has 23 rings (SSSR count). The quantitative estimate of drug-likeness (QED) is 0.0619. The second-order valence-corrected chi connectivity index (χ2v) is 39.5. The maximum atomic E-state index is 14.3. The Hall–Kier alpha value is -9.73. The van der Waals surface area contributed by atoms with Gasteiger partial charge in [-0.25, -0.2) is 63.6 Å². The highest BCUT2D eigenvalue weighted by Gasteiger charge is 2.47. The molecule has 41 heteroatoms. The maximum Gasteiger partial charge on any atom is 0.202 e. The van der Waals surface area contributed by atoms with Crippen LogP contribution in [0.5, 0.6) is 0 Å². The highest BCUT2D eigenvalue weighted by Crippen LogP contribution is 2.49. The minimum atomic E-state index is -0.582. The van der Waals surface area contributed by atoms with E-state index in [2.05, 4.69) is 150 Å². The van der Waals surface area contributed by atoms with Crippen molar-refractivity contribution in [2.24, 2.45) is 39.4 Å². The lowest BCUT2D eigenvalue weighted by Gasteiger charge is -2.41. The van der Waals surface area contributed by atoms with Crippen molar-refractivity contribution in [1.29, 1.82) is 0 Å². The van der Waals surface area contributed by atoms with Crippen molar-refractivity contribution >= 4 is 195 Å². The van der Waals surface area contributed by atoms with Gasteiger partial charge >= 0.3 is 0 Å². The van der Waals surface area contributed by atoms with Crippen LogP contribution in [0.15, 0.2) is 128 Å². The summed E-state index contributed by atoms with van der Waals surface area (Å²) in [5.41, 5.74) is 13.3.